The van der Waals surface area contributed by atoms with E-state index in [1.54, 1.807) is 0 Å². The van der Waals surface area contributed by atoms with Crippen LogP contribution in [0.3, 0.4) is 0 Å². The molecule has 0 saturated carbocycles. The highest BCUT2D eigenvalue weighted by atomic mass is 16.5. The van der Waals surface area contributed by atoms with Crippen molar-refractivity contribution >= 4 is 5.97 Å². The Morgan fingerprint density at radius 3 is 2.78 bits per heavy atom. The lowest BCUT2D eigenvalue weighted by Crippen LogP contribution is -2.50. The quantitative estimate of drug-likeness (QED) is 0.740. The molecule has 1 saturated heterocycles. The fourth-order valence-corrected chi connectivity index (χ4v) is 2.47. The molecule has 0 radical (unpaired) electrons. The second kappa shape index (κ2) is 7.74. The molecular weight excluding hydrogens is 230 g/mol. The van der Waals surface area contributed by atoms with Gasteiger partial charge in [0.05, 0.1) is 13.2 Å². The van der Waals surface area contributed by atoms with Gasteiger partial charge in [-0.2, -0.15) is 0 Å². The summed E-state index contributed by atoms with van der Waals surface area (Å²) in [4.78, 5) is 11.7. The van der Waals surface area contributed by atoms with E-state index in [0.717, 1.165) is 32.3 Å². The zero-order chi connectivity index (χ0) is 13.5. The maximum atomic E-state index is 11.7. The van der Waals surface area contributed by atoms with Crippen molar-refractivity contribution in [2.24, 2.45) is 5.92 Å². The van der Waals surface area contributed by atoms with Crippen LogP contribution in [0.1, 0.15) is 46.5 Å². The predicted molar refractivity (Wildman–Crippen MR) is 71.4 cm³/mol. The molecule has 4 nitrogen and oxygen atoms in total. The van der Waals surface area contributed by atoms with Crippen LogP contribution in [0, 0.1) is 5.92 Å². The van der Waals surface area contributed by atoms with E-state index in [2.05, 4.69) is 12.2 Å². The first-order chi connectivity index (χ1) is 8.58. The topological polar surface area (TPSA) is 47.6 Å². The van der Waals surface area contributed by atoms with Crippen molar-refractivity contribution in [2.75, 3.05) is 13.7 Å². The molecular formula is C14H27NO3. The van der Waals surface area contributed by atoms with Crippen molar-refractivity contribution in [1.29, 1.82) is 0 Å². The summed E-state index contributed by atoms with van der Waals surface area (Å²) in [5.74, 6) is 0.0773. The Hall–Kier alpha value is -0.610. The van der Waals surface area contributed by atoms with Crippen LogP contribution >= 0.6 is 0 Å². The summed E-state index contributed by atoms with van der Waals surface area (Å²) in [5.41, 5.74) is 0. The maximum absolute atomic E-state index is 11.7. The lowest BCUT2D eigenvalue weighted by Gasteiger charge is -2.33. The highest BCUT2D eigenvalue weighted by Crippen LogP contribution is 2.19. The minimum absolute atomic E-state index is 0.163. The summed E-state index contributed by atoms with van der Waals surface area (Å²) in [6.07, 6.45) is 4.55. The molecule has 0 bridgehead atoms. The fraction of sp³-hybridized carbons (Fsp3) is 0.929. The number of ether oxygens (including phenoxy) is 2. The predicted octanol–water partition coefficient (Wildman–Crippen LogP) is 2.12. The van der Waals surface area contributed by atoms with Crippen LogP contribution in [0.4, 0.5) is 0 Å². The Morgan fingerprint density at radius 1 is 1.50 bits per heavy atom. The van der Waals surface area contributed by atoms with Gasteiger partial charge >= 0.3 is 5.97 Å². The van der Waals surface area contributed by atoms with E-state index < -0.39 is 0 Å². The van der Waals surface area contributed by atoms with Crippen LogP contribution in [0.2, 0.25) is 0 Å². The molecule has 1 aliphatic rings. The molecule has 1 rings (SSSR count). The van der Waals surface area contributed by atoms with Crippen LogP contribution in [-0.4, -0.2) is 37.9 Å². The van der Waals surface area contributed by atoms with Gasteiger partial charge in [-0.15, -0.1) is 0 Å². The standard InChI is InChI=1S/C14H27NO3/c1-5-6-12-9-11(7-8-18-12)15-13(10(2)3)14(16)17-4/h10-13,15H,5-9H2,1-4H3. The van der Waals surface area contributed by atoms with Crippen LogP contribution in [0.5, 0.6) is 0 Å². The smallest absolute Gasteiger partial charge is 0.323 e. The number of esters is 1. The Morgan fingerprint density at radius 2 is 2.22 bits per heavy atom. The van der Waals surface area contributed by atoms with Gasteiger partial charge in [0.15, 0.2) is 0 Å². The summed E-state index contributed by atoms with van der Waals surface area (Å²) in [6.45, 7) is 7.04. The lowest BCUT2D eigenvalue weighted by atomic mass is 9.96. The van der Waals surface area contributed by atoms with Crippen molar-refractivity contribution in [3.05, 3.63) is 0 Å². The van der Waals surface area contributed by atoms with Gasteiger partial charge in [0.2, 0.25) is 0 Å². The first-order valence-corrected chi connectivity index (χ1v) is 7.04. The van der Waals surface area contributed by atoms with E-state index >= 15 is 0 Å². The number of carbonyl (C=O) groups excluding carboxylic acids is 1. The molecule has 3 atom stereocenters. The van der Waals surface area contributed by atoms with Crippen LogP contribution < -0.4 is 5.32 Å². The number of carbonyl (C=O) groups is 1. The summed E-state index contributed by atoms with van der Waals surface area (Å²) in [6, 6.07) is 0.155. The molecule has 1 heterocycles. The largest absolute Gasteiger partial charge is 0.468 e. The van der Waals surface area contributed by atoms with Crippen LogP contribution in [0.15, 0.2) is 0 Å². The van der Waals surface area contributed by atoms with E-state index in [4.69, 9.17) is 9.47 Å². The van der Waals surface area contributed by atoms with E-state index in [9.17, 15) is 4.79 Å². The van der Waals surface area contributed by atoms with Crippen molar-refractivity contribution in [3.63, 3.8) is 0 Å². The molecule has 1 aliphatic heterocycles. The Kier molecular flexibility index (Phi) is 6.65. The molecule has 0 aromatic carbocycles. The average molecular weight is 257 g/mol. The normalized spacial score (nSPS) is 26.1. The third kappa shape index (κ3) is 4.58. The second-order valence-electron chi connectivity index (χ2n) is 5.41. The molecule has 4 heteroatoms. The maximum Gasteiger partial charge on any atom is 0.323 e. The highest BCUT2D eigenvalue weighted by Gasteiger charge is 2.29. The van der Waals surface area contributed by atoms with Gasteiger partial charge in [0, 0.05) is 12.6 Å². The van der Waals surface area contributed by atoms with Gasteiger partial charge in [-0.05, 0) is 25.2 Å². The number of rotatable bonds is 6. The third-order valence-corrected chi connectivity index (χ3v) is 3.51. The van der Waals surface area contributed by atoms with Gasteiger partial charge in [-0.1, -0.05) is 27.2 Å². The fourth-order valence-electron chi connectivity index (χ4n) is 2.47. The van der Waals surface area contributed by atoms with E-state index in [-0.39, 0.29) is 17.9 Å². The summed E-state index contributed by atoms with van der Waals surface area (Å²) < 4.78 is 10.6. The molecule has 0 spiro atoms. The minimum atomic E-state index is -0.208. The Labute approximate surface area is 110 Å². The van der Waals surface area contributed by atoms with Crippen molar-refractivity contribution < 1.29 is 14.3 Å². The number of hydrogen-bond acceptors (Lipinski definition) is 4. The molecule has 1 N–H and O–H groups in total. The Bertz CT molecular complexity index is 253. The van der Waals surface area contributed by atoms with Crippen molar-refractivity contribution in [1.82, 2.24) is 5.32 Å². The monoisotopic (exact) mass is 257 g/mol. The molecule has 3 unspecified atom stereocenters. The summed E-state index contributed by atoms with van der Waals surface area (Å²) in [7, 11) is 1.45. The van der Waals surface area contributed by atoms with Gasteiger partial charge in [0.1, 0.15) is 6.04 Å². The van der Waals surface area contributed by atoms with E-state index in [1.807, 2.05) is 13.8 Å². The second-order valence-corrected chi connectivity index (χ2v) is 5.41. The zero-order valence-electron chi connectivity index (χ0n) is 12.1. The van der Waals surface area contributed by atoms with Crippen molar-refractivity contribution in [2.45, 2.75) is 64.6 Å². The van der Waals surface area contributed by atoms with Gasteiger partial charge < -0.3 is 14.8 Å². The van der Waals surface area contributed by atoms with Crippen LogP contribution in [-0.2, 0) is 14.3 Å². The Balaban J connectivity index is 2.50. The van der Waals surface area contributed by atoms with E-state index in [1.165, 1.54) is 7.11 Å². The molecule has 0 amide bonds. The third-order valence-electron chi connectivity index (χ3n) is 3.51. The van der Waals surface area contributed by atoms with Gasteiger partial charge in [0.25, 0.3) is 0 Å². The lowest BCUT2D eigenvalue weighted by molar-refractivity contribution is -0.145. The average Bonchev–Trinajstić information content (AvgIpc) is 2.35. The zero-order valence-corrected chi connectivity index (χ0v) is 12.1. The van der Waals surface area contributed by atoms with E-state index in [0.29, 0.717) is 12.1 Å². The van der Waals surface area contributed by atoms with Crippen LogP contribution in [0.25, 0.3) is 0 Å². The highest BCUT2D eigenvalue weighted by molar-refractivity contribution is 5.75. The first-order valence-electron chi connectivity index (χ1n) is 7.04. The number of nitrogens with one attached hydrogen (secondary N) is 1. The van der Waals surface area contributed by atoms with Gasteiger partial charge in [-0.25, -0.2) is 0 Å². The molecule has 0 aromatic heterocycles. The summed E-state index contributed by atoms with van der Waals surface area (Å²) >= 11 is 0. The summed E-state index contributed by atoms with van der Waals surface area (Å²) in [5, 5.41) is 3.44. The molecule has 106 valence electrons. The molecule has 18 heavy (non-hydrogen) atoms. The minimum Gasteiger partial charge on any atom is -0.468 e. The van der Waals surface area contributed by atoms with Crippen molar-refractivity contribution in [3.8, 4) is 0 Å². The SMILES string of the molecule is CCCC1CC(NC(C(=O)OC)C(C)C)CCO1. The van der Waals surface area contributed by atoms with Gasteiger partial charge in [-0.3, -0.25) is 4.79 Å². The molecule has 0 aromatic rings. The molecule has 1 fully saturated rings. The first kappa shape index (κ1) is 15.4. The number of hydrogen-bond donors (Lipinski definition) is 1. The number of methoxy groups -OCH3 is 1. The molecule has 0 aliphatic carbocycles.